The Hall–Kier alpha value is -3.61. The number of thioether (sulfide) groups is 1. The lowest BCUT2D eigenvalue weighted by molar-refractivity contribution is -0.161. The van der Waals surface area contributed by atoms with E-state index in [-0.39, 0.29) is 13.1 Å². The van der Waals surface area contributed by atoms with Crippen LogP contribution in [0.4, 0.5) is 4.79 Å². The standard InChI is InChI=1S/C23H27N5O7S/c1-4-26-10-11-27(19(32)18(26)31)22(35)25-13(12-8-6-5-7-9-12)16(29)24-14-17(30)28-15(21(33)34)23(2,3)36-20(14)28/h5-9,13-15,20H,4,10-11H2,1-3H3,(H,24,29)(H,25,35)(H,33,34)/t13-,14+,15-,20+/m0/s1. The summed E-state index contributed by atoms with van der Waals surface area (Å²) in [5.41, 5.74) is 0.403. The molecule has 0 radical (unpaired) electrons. The maximum absolute atomic E-state index is 13.3. The van der Waals surface area contributed by atoms with Crippen molar-refractivity contribution in [1.82, 2.24) is 25.3 Å². The van der Waals surface area contributed by atoms with Gasteiger partial charge in [0.1, 0.15) is 23.5 Å². The zero-order valence-corrected chi connectivity index (χ0v) is 20.8. The van der Waals surface area contributed by atoms with E-state index in [2.05, 4.69) is 10.6 Å². The topological polar surface area (TPSA) is 156 Å². The molecule has 3 aliphatic rings. The van der Waals surface area contributed by atoms with Crippen LogP contribution in [0, 0.1) is 0 Å². The van der Waals surface area contributed by atoms with Gasteiger partial charge >= 0.3 is 23.8 Å². The highest BCUT2D eigenvalue weighted by molar-refractivity contribution is 8.01. The number of rotatable bonds is 6. The Labute approximate surface area is 211 Å². The minimum absolute atomic E-state index is 0.0200. The van der Waals surface area contributed by atoms with Crippen LogP contribution in [0.2, 0.25) is 0 Å². The summed E-state index contributed by atoms with van der Waals surface area (Å²) in [4.78, 5) is 78.8. The Morgan fingerprint density at radius 3 is 2.39 bits per heavy atom. The van der Waals surface area contributed by atoms with Crippen molar-refractivity contribution >= 4 is 47.4 Å². The van der Waals surface area contributed by atoms with Crippen LogP contribution < -0.4 is 10.6 Å². The second-order valence-corrected chi connectivity index (χ2v) is 11.0. The lowest BCUT2D eigenvalue weighted by Crippen LogP contribution is -2.71. The largest absolute Gasteiger partial charge is 0.480 e. The number of hydrogen-bond donors (Lipinski definition) is 3. The number of nitrogens with one attached hydrogen (secondary N) is 2. The number of urea groups is 1. The lowest BCUT2D eigenvalue weighted by atomic mass is 9.95. The van der Waals surface area contributed by atoms with E-state index in [1.54, 1.807) is 51.1 Å². The first-order valence-electron chi connectivity index (χ1n) is 11.5. The molecular formula is C23H27N5O7S. The van der Waals surface area contributed by atoms with Gasteiger partial charge in [0.2, 0.25) is 11.8 Å². The zero-order valence-electron chi connectivity index (χ0n) is 20.0. The van der Waals surface area contributed by atoms with Gasteiger partial charge in [-0.2, -0.15) is 0 Å². The van der Waals surface area contributed by atoms with E-state index < -0.39 is 63.9 Å². The van der Waals surface area contributed by atoms with Gasteiger partial charge in [0.05, 0.1) is 0 Å². The first kappa shape index (κ1) is 25.5. The molecule has 36 heavy (non-hydrogen) atoms. The second-order valence-electron chi connectivity index (χ2n) is 9.22. The molecule has 13 heteroatoms. The van der Waals surface area contributed by atoms with Gasteiger partial charge in [-0.3, -0.25) is 24.1 Å². The van der Waals surface area contributed by atoms with Crippen LogP contribution in [0.3, 0.4) is 0 Å². The first-order chi connectivity index (χ1) is 17.0. The van der Waals surface area contributed by atoms with Gasteiger partial charge < -0.3 is 25.5 Å². The fourth-order valence-electron chi connectivity index (χ4n) is 4.70. The third kappa shape index (κ3) is 4.27. The van der Waals surface area contributed by atoms with Crippen molar-refractivity contribution in [2.45, 2.75) is 49.0 Å². The molecule has 192 valence electrons. The molecule has 0 bridgehead atoms. The van der Waals surface area contributed by atoms with Crippen molar-refractivity contribution in [3.05, 3.63) is 35.9 Å². The van der Waals surface area contributed by atoms with Crippen LogP contribution >= 0.6 is 11.8 Å². The van der Waals surface area contributed by atoms with E-state index in [4.69, 9.17) is 0 Å². The number of benzene rings is 1. The molecule has 1 aromatic carbocycles. The predicted molar refractivity (Wildman–Crippen MR) is 127 cm³/mol. The number of carbonyl (C=O) groups excluding carboxylic acids is 5. The van der Waals surface area contributed by atoms with E-state index in [9.17, 15) is 33.9 Å². The van der Waals surface area contributed by atoms with Crippen molar-refractivity contribution < 1.29 is 33.9 Å². The summed E-state index contributed by atoms with van der Waals surface area (Å²) in [6, 6.07) is 4.11. The van der Waals surface area contributed by atoms with Gasteiger partial charge in [-0.15, -0.1) is 11.8 Å². The molecule has 12 nitrogen and oxygen atoms in total. The molecule has 3 heterocycles. The summed E-state index contributed by atoms with van der Waals surface area (Å²) in [5.74, 6) is -4.12. The van der Waals surface area contributed by atoms with Crippen LogP contribution in [-0.2, 0) is 24.0 Å². The van der Waals surface area contributed by atoms with Gasteiger partial charge in [0, 0.05) is 24.4 Å². The lowest BCUT2D eigenvalue weighted by Gasteiger charge is -2.44. The number of likely N-dealkylation sites (N-methyl/N-ethyl adjacent to an activating group) is 1. The molecule has 0 unspecified atom stereocenters. The van der Waals surface area contributed by atoms with E-state index >= 15 is 0 Å². The van der Waals surface area contributed by atoms with Crippen molar-refractivity contribution in [2.24, 2.45) is 0 Å². The Morgan fingerprint density at radius 1 is 1.11 bits per heavy atom. The Kier molecular flexibility index (Phi) is 6.69. The molecule has 4 atom stereocenters. The Bertz CT molecular complexity index is 1130. The van der Waals surface area contributed by atoms with Crippen molar-refractivity contribution in [3.63, 3.8) is 0 Å². The van der Waals surface area contributed by atoms with Gasteiger partial charge in [-0.05, 0) is 26.3 Å². The molecule has 0 spiro atoms. The molecular weight excluding hydrogens is 490 g/mol. The molecule has 0 saturated carbocycles. The number of carbonyl (C=O) groups is 6. The Morgan fingerprint density at radius 2 is 1.78 bits per heavy atom. The molecule has 3 N–H and O–H groups in total. The van der Waals surface area contributed by atoms with Crippen molar-refractivity contribution in [3.8, 4) is 0 Å². The van der Waals surface area contributed by atoms with Crippen LogP contribution in [0.5, 0.6) is 0 Å². The van der Waals surface area contributed by atoms with Crippen LogP contribution in [0.1, 0.15) is 32.4 Å². The number of amides is 6. The molecule has 1 aromatic rings. The molecule has 4 rings (SSSR count). The smallest absolute Gasteiger partial charge is 0.327 e. The molecule has 3 fully saturated rings. The number of hydrogen-bond acceptors (Lipinski definition) is 7. The van der Waals surface area contributed by atoms with Crippen molar-refractivity contribution in [1.29, 1.82) is 0 Å². The van der Waals surface area contributed by atoms with Crippen LogP contribution in [0.15, 0.2) is 30.3 Å². The monoisotopic (exact) mass is 517 g/mol. The number of β-lactam (4-membered cyclic amide) rings is 1. The zero-order chi connectivity index (χ0) is 26.4. The highest BCUT2D eigenvalue weighted by Gasteiger charge is 2.64. The van der Waals surface area contributed by atoms with E-state index in [1.807, 2.05) is 0 Å². The highest BCUT2D eigenvalue weighted by atomic mass is 32.2. The molecule has 3 aliphatic heterocycles. The number of imide groups is 1. The molecule has 6 amide bonds. The minimum Gasteiger partial charge on any atom is -0.480 e. The third-order valence-corrected chi connectivity index (χ3v) is 8.14. The fourth-order valence-corrected chi connectivity index (χ4v) is 6.32. The fraction of sp³-hybridized carbons (Fsp3) is 0.478. The number of nitrogens with zero attached hydrogens (tertiary/aromatic N) is 3. The van der Waals surface area contributed by atoms with E-state index in [0.717, 1.165) is 4.90 Å². The summed E-state index contributed by atoms with van der Waals surface area (Å²) < 4.78 is -0.758. The maximum Gasteiger partial charge on any atom is 0.327 e. The van der Waals surface area contributed by atoms with Gasteiger partial charge in [0.15, 0.2) is 0 Å². The normalized spacial score (nSPS) is 25.7. The number of fused-ring (bicyclic) bond motifs is 1. The summed E-state index contributed by atoms with van der Waals surface area (Å²) in [7, 11) is 0. The third-order valence-electron chi connectivity index (χ3n) is 6.57. The van der Waals surface area contributed by atoms with Gasteiger partial charge in [-0.1, -0.05) is 30.3 Å². The summed E-state index contributed by atoms with van der Waals surface area (Å²) in [6.07, 6.45) is 0. The van der Waals surface area contributed by atoms with Gasteiger partial charge in [0.25, 0.3) is 0 Å². The average Bonchev–Trinajstić information content (AvgIpc) is 3.10. The Balaban J connectivity index is 1.51. The van der Waals surface area contributed by atoms with Crippen LogP contribution in [0.25, 0.3) is 0 Å². The van der Waals surface area contributed by atoms with Crippen LogP contribution in [-0.4, -0.2) is 97.3 Å². The number of carboxylic acids is 1. The maximum atomic E-state index is 13.3. The van der Waals surface area contributed by atoms with Crippen molar-refractivity contribution in [2.75, 3.05) is 19.6 Å². The van der Waals surface area contributed by atoms with E-state index in [0.29, 0.717) is 12.1 Å². The average molecular weight is 518 g/mol. The predicted octanol–water partition coefficient (Wildman–Crippen LogP) is -0.240. The van der Waals surface area contributed by atoms with Gasteiger partial charge in [-0.25, -0.2) is 9.59 Å². The quantitative estimate of drug-likeness (QED) is 0.345. The SMILES string of the molecule is CCN1CCN(C(=O)N[C@H](C(=O)N[C@@H]2C(=O)N3[C@@H]2SC(C)(C)[C@@H]3C(=O)O)c2ccccc2)C(=O)C1=O. The summed E-state index contributed by atoms with van der Waals surface area (Å²) in [6.45, 7) is 5.67. The molecule has 3 saturated heterocycles. The summed E-state index contributed by atoms with van der Waals surface area (Å²) in [5, 5.41) is 14.2. The molecule has 0 aromatic heterocycles. The van der Waals surface area contributed by atoms with E-state index in [1.165, 1.54) is 21.6 Å². The molecule has 0 aliphatic carbocycles. The number of carboxylic acid groups (broad SMARTS) is 1. The minimum atomic E-state index is -1.26. The number of piperazine rings is 1. The summed E-state index contributed by atoms with van der Waals surface area (Å²) >= 11 is 1.28. The first-order valence-corrected chi connectivity index (χ1v) is 12.3. The second kappa shape index (κ2) is 9.45. The highest BCUT2D eigenvalue weighted by Crippen LogP contribution is 2.50. The number of aliphatic carboxylic acids is 1.